The summed E-state index contributed by atoms with van der Waals surface area (Å²) in [6.45, 7) is 6.03. The number of hydrogen-bond donors (Lipinski definition) is 2. The molecule has 0 radical (unpaired) electrons. The Hall–Kier alpha value is -1.03. The highest BCUT2D eigenvalue weighted by atomic mass is 79.9. The quantitative estimate of drug-likeness (QED) is 0.894. The van der Waals surface area contributed by atoms with Crippen molar-refractivity contribution < 1.29 is 9.90 Å². The van der Waals surface area contributed by atoms with E-state index < -0.39 is 0 Å². The predicted octanol–water partition coefficient (Wildman–Crippen LogP) is 3.46. The lowest BCUT2D eigenvalue weighted by Crippen LogP contribution is -2.43. The fourth-order valence-electron chi connectivity index (χ4n) is 1.76. The van der Waals surface area contributed by atoms with Crippen LogP contribution in [0.25, 0.3) is 0 Å². The smallest absolute Gasteiger partial charge is 0.255 e. The van der Waals surface area contributed by atoms with Gasteiger partial charge in [0.05, 0.1) is 5.56 Å². The van der Waals surface area contributed by atoms with Gasteiger partial charge in [0, 0.05) is 10.0 Å². The molecule has 2 N–H and O–H groups in total. The molecule has 0 atom stereocenters. The molecule has 1 rings (SSSR count). The number of hydrogen-bond acceptors (Lipinski definition) is 2. The largest absolute Gasteiger partial charge is 0.507 e. The number of carbonyl (C=O) groups excluding carboxylic acids is 1. The minimum absolute atomic E-state index is 0.0100. The molecule has 0 bridgehead atoms. The molecule has 1 amide bonds. The van der Waals surface area contributed by atoms with Crippen molar-refractivity contribution in [3.63, 3.8) is 0 Å². The molecule has 0 aliphatic carbocycles. The fourth-order valence-corrected chi connectivity index (χ4v) is 2.11. The number of carbonyl (C=O) groups is 1. The highest BCUT2D eigenvalue weighted by Gasteiger charge is 2.21. The van der Waals surface area contributed by atoms with Gasteiger partial charge in [-0.05, 0) is 38.5 Å². The van der Waals surface area contributed by atoms with E-state index in [2.05, 4.69) is 28.2 Å². The molecule has 0 fully saturated rings. The lowest BCUT2D eigenvalue weighted by molar-refractivity contribution is 0.0906. The second-order valence-corrected chi connectivity index (χ2v) is 5.67. The van der Waals surface area contributed by atoms with E-state index in [1.54, 1.807) is 12.1 Å². The second kappa shape index (κ2) is 5.54. The van der Waals surface area contributed by atoms with Gasteiger partial charge in [0.15, 0.2) is 0 Å². The van der Waals surface area contributed by atoms with E-state index in [9.17, 15) is 9.90 Å². The van der Waals surface area contributed by atoms with Crippen molar-refractivity contribution in [2.45, 2.75) is 39.2 Å². The van der Waals surface area contributed by atoms with Crippen LogP contribution in [0.3, 0.4) is 0 Å². The van der Waals surface area contributed by atoms with Crippen molar-refractivity contribution in [1.29, 1.82) is 0 Å². The Morgan fingerprint density at radius 3 is 2.65 bits per heavy atom. The summed E-state index contributed by atoms with van der Waals surface area (Å²) in [5, 5.41) is 12.6. The molecule has 0 saturated carbocycles. The Kier molecular flexibility index (Phi) is 4.57. The first kappa shape index (κ1) is 14.0. The van der Waals surface area contributed by atoms with Crippen LogP contribution >= 0.6 is 15.9 Å². The Morgan fingerprint density at radius 1 is 1.47 bits per heavy atom. The number of halogens is 1. The zero-order valence-corrected chi connectivity index (χ0v) is 12.0. The molecule has 0 unspecified atom stereocenters. The lowest BCUT2D eigenvalue weighted by atomic mass is 9.98. The third-order valence-electron chi connectivity index (χ3n) is 2.53. The van der Waals surface area contributed by atoms with E-state index in [0.29, 0.717) is 5.56 Å². The van der Waals surface area contributed by atoms with E-state index in [0.717, 1.165) is 17.3 Å². The standard InChI is InChI=1S/C13H18BrNO2/c1-4-7-13(2,3)15-12(17)10-6-5-9(14)8-11(10)16/h5-6,8,16H,4,7H2,1-3H3,(H,15,17). The highest BCUT2D eigenvalue weighted by molar-refractivity contribution is 9.10. The summed E-state index contributed by atoms with van der Waals surface area (Å²) in [6.07, 6.45) is 1.90. The SMILES string of the molecule is CCCC(C)(C)NC(=O)c1ccc(Br)cc1O. The maximum Gasteiger partial charge on any atom is 0.255 e. The van der Waals surface area contributed by atoms with E-state index in [4.69, 9.17) is 0 Å². The number of aromatic hydroxyl groups is 1. The summed E-state index contributed by atoms with van der Waals surface area (Å²) in [4.78, 5) is 12.0. The van der Waals surface area contributed by atoms with E-state index in [1.807, 2.05) is 13.8 Å². The van der Waals surface area contributed by atoms with Crippen LogP contribution in [0, 0.1) is 0 Å². The van der Waals surface area contributed by atoms with Crippen LogP contribution in [0.15, 0.2) is 22.7 Å². The van der Waals surface area contributed by atoms with Gasteiger partial charge in [-0.3, -0.25) is 4.79 Å². The first-order valence-corrected chi connectivity index (χ1v) is 6.46. The first-order chi connectivity index (χ1) is 7.85. The summed E-state index contributed by atoms with van der Waals surface area (Å²) in [5.41, 5.74) is 0.0445. The minimum Gasteiger partial charge on any atom is -0.507 e. The van der Waals surface area contributed by atoms with Crippen LogP contribution in [0.4, 0.5) is 0 Å². The first-order valence-electron chi connectivity index (χ1n) is 5.67. The molecule has 0 aliphatic rings. The zero-order chi connectivity index (χ0) is 13.1. The third-order valence-corrected chi connectivity index (χ3v) is 3.02. The second-order valence-electron chi connectivity index (χ2n) is 4.75. The van der Waals surface area contributed by atoms with Gasteiger partial charge in [0.1, 0.15) is 5.75 Å². The van der Waals surface area contributed by atoms with Gasteiger partial charge in [0.2, 0.25) is 0 Å². The number of nitrogens with one attached hydrogen (secondary N) is 1. The van der Waals surface area contributed by atoms with Gasteiger partial charge in [-0.25, -0.2) is 0 Å². The van der Waals surface area contributed by atoms with E-state index in [-0.39, 0.29) is 17.2 Å². The summed E-state index contributed by atoms with van der Waals surface area (Å²) < 4.78 is 0.749. The van der Waals surface area contributed by atoms with Gasteiger partial charge in [-0.15, -0.1) is 0 Å². The van der Waals surface area contributed by atoms with Gasteiger partial charge < -0.3 is 10.4 Å². The molecule has 0 aromatic heterocycles. The van der Waals surface area contributed by atoms with Crippen molar-refractivity contribution in [2.75, 3.05) is 0 Å². The third kappa shape index (κ3) is 4.04. The van der Waals surface area contributed by atoms with E-state index >= 15 is 0 Å². The number of phenols is 1. The molecule has 17 heavy (non-hydrogen) atoms. The highest BCUT2D eigenvalue weighted by Crippen LogP contribution is 2.23. The van der Waals surface area contributed by atoms with Gasteiger partial charge in [-0.2, -0.15) is 0 Å². The Morgan fingerprint density at radius 2 is 2.12 bits per heavy atom. The molecule has 1 aromatic carbocycles. The maximum atomic E-state index is 12.0. The van der Waals surface area contributed by atoms with Crippen molar-refractivity contribution in [3.05, 3.63) is 28.2 Å². The molecule has 1 aromatic rings. The Balaban J connectivity index is 2.83. The summed E-state index contributed by atoms with van der Waals surface area (Å²) in [6, 6.07) is 4.86. The van der Waals surface area contributed by atoms with Gasteiger partial charge in [0.25, 0.3) is 5.91 Å². The Bertz CT molecular complexity index is 416. The summed E-state index contributed by atoms with van der Waals surface area (Å²) in [5.74, 6) is -0.252. The number of rotatable bonds is 4. The van der Waals surface area contributed by atoms with Crippen molar-refractivity contribution in [2.24, 2.45) is 0 Å². The van der Waals surface area contributed by atoms with Gasteiger partial charge >= 0.3 is 0 Å². The lowest BCUT2D eigenvalue weighted by Gasteiger charge is -2.25. The summed E-state index contributed by atoms with van der Waals surface area (Å²) in [7, 11) is 0. The van der Waals surface area contributed by atoms with Crippen LogP contribution in [0.2, 0.25) is 0 Å². The van der Waals surface area contributed by atoms with Crippen LogP contribution in [-0.2, 0) is 0 Å². The fraction of sp³-hybridized carbons (Fsp3) is 0.462. The van der Waals surface area contributed by atoms with Crippen LogP contribution in [0.5, 0.6) is 5.75 Å². The average Bonchev–Trinajstić information content (AvgIpc) is 2.15. The molecule has 0 aliphatic heterocycles. The number of benzene rings is 1. The molecule has 94 valence electrons. The molecule has 4 heteroatoms. The molecule has 0 heterocycles. The van der Waals surface area contributed by atoms with E-state index in [1.165, 1.54) is 6.07 Å². The minimum atomic E-state index is -0.259. The Labute approximate surface area is 110 Å². The molecule has 0 saturated heterocycles. The summed E-state index contributed by atoms with van der Waals surface area (Å²) >= 11 is 3.24. The monoisotopic (exact) mass is 299 g/mol. The van der Waals surface area contributed by atoms with Crippen LogP contribution in [-0.4, -0.2) is 16.6 Å². The number of phenolic OH excluding ortho intramolecular Hbond substituents is 1. The molecule has 3 nitrogen and oxygen atoms in total. The van der Waals surface area contributed by atoms with Crippen molar-refractivity contribution in [1.82, 2.24) is 5.32 Å². The van der Waals surface area contributed by atoms with Crippen molar-refractivity contribution >= 4 is 21.8 Å². The normalized spacial score (nSPS) is 11.3. The predicted molar refractivity (Wildman–Crippen MR) is 72.3 cm³/mol. The molecular weight excluding hydrogens is 282 g/mol. The number of amides is 1. The topological polar surface area (TPSA) is 49.3 Å². The van der Waals surface area contributed by atoms with Crippen molar-refractivity contribution in [3.8, 4) is 5.75 Å². The zero-order valence-electron chi connectivity index (χ0n) is 10.4. The van der Waals surface area contributed by atoms with Crippen LogP contribution in [0.1, 0.15) is 44.0 Å². The van der Waals surface area contributed by atoms with Gasteiger partial charge in [-0.1, -0.05) is 29.3 Å². The van der Waals surface area contributed by atoms with Crippen LogP contribution < -0.4 is 5.32 Å². The molecule has 0 spiro atoms. The molecular formula is C13H18BrNO2. The maximum absolute atomic E-state index is 12.0. The average molecular weight is 300 g/mol.